The first-order chi connectivity index (χ1) is 10.1. The highest BCUT2D eigenvalue weighted by molar-refractivity contribution is 6.30. The van der Waals surface area contributed by atoms with E-state index in [0.717, 1.165) is 5.56 Å². The Kier molecular flexibility index (Phi) is 5.09. The fourth-order valence-corrected chi connectivity index (χ4v) is 2.21. The van der Waals surface area contributed by atoms with Crippen molar-refractivity contribution in [3.05, 3.63) is 70.7 Å². The molecule has 2 rings (SSSR count). The number of hydrogen-bond donors (Lipinski definition) is 3. The standard InChI is InChI=1S/C16H16ClN3O/c1-19-14(12-8-5-9-13(17)10-12)16(21)20-15(18)11-6-3-2-4-7-11/h2-10,14,19H,1H3,(H2,18,20,21). The van der Waals surface area contributed by atoms with E-state index in [1.807, 2.05) is 24.3 Å². The molecule has 0 aliphatic rings. The molecule has 21 heavy (non-hydrogen) atoms. The fourth-order valence-electron chi connectivity index (χ4n) is 2.01. The maximum Gasteiger partial charge on any atom is 0.247 e. The molecule has 0 heterocycles. The van der Waals surface area contributed by atoms with Crippen LogP contribution in [-0.2, 0) is 4.79 Å². The molecular weight excluding hydrogens is 286 g/mol. The number of amidine groups is 1. The molecule has 0 aliphatic heterocycles. The summed E-state index contributed by atoms with van der Waals surface area (Å²) in [5.41, 5.74) is 1.41. The van der Waals surface area contributed by atoms with E-state index in [1.54, 1.807) is 37.4 Å². The molecule has 4 nitrogen and oxygen atoms in total. The van der Waals surface area contributed by atoms with Crippen molar-refractivity contribution in [3.8, 4) is 0 Å². The average Bonchev–Trinajstić information content (AvgIpc) is 2.49. The van der Waals surface area contributed by atoms with Crippen molar-refractivity contribution in [2.75, 3.05) is 7.05 Å². The summed E-state index contributed by atoms with van der Waals surface area (Å²) in [4.78, 5) is 12.3. The molecule has 0 radical (unpaired) electrons. The first kappa shape index (κ1) is 15.2. The van der Waals surface area contributed by atoms with Gasteiger partial charge in [-0.05, 0) is 24.7 Å². The molecule has 108 valence electrons. The van der Waals surface area contributed by atoms with Gasteiger partial charge in [-0.15, -0.1) is 0 Å². The van der Waals surface area contributed by atoms with E-state index in [2.05, 4.69) is 10.6 Å². The van der Waals surface area contributed by atoms with Crippen LogP contribution in [0.5, 0.6) is 0 Å². The van der Waals surface area contributed by atoms with Gasteiger partial charge in [-0.1, -0.05) is 54.1 Å². The lowest BCUT2D eigenvalue weighted by Crippen LogP contribution is -2.39. The molecule has 3 N–H and O–H groups in total. The van der Waals surface area contributed by atoms with E-state index in [1.165, 1.54) is 0 Å². The largest absolute Gasteiger partial charge is 0.309 e. The molecule has 0 fully saturated rings. The van der Waals surface area contributed by atoms with E-state index in [-0.39, 0.29) is 11.7 Å². The Labute approximate surface area is 128 Å². The predicted octanol–water partition coefficient (Wildman–Crippen LogP) is 2.74. The normalized spacial score (nSPS) is 11.7. The molecule has 0 bridgehead atoms. The molecule has 0 aromatic heterocycles. The Hall–Kier alpha value is -2.17. The van der Waals surface area contributed by atoms with Gasteiger partial charge in [-0.2, -0.15) is 0 Å². The van der Waals surface area contributed by atoms with Gasteiger partial charge in [0.1, 0.15) is 11.9 Å². The molecular formula is C16H16ClN3O. The van der Waals surface area contributed by atoms with Crippen LogP contribution in [0.1, 0.15) is 17.2 Å². The quantitative estimate of drug-likeness (QED) is 0.600. The minimum atomic E-state index is -0.562. The highest BCUT2D eigenvalue weighted by atomic mass is 35.5. The fraction of sp³-hybridized carbons (Fsp3) is 0.125. The lowest BCUT2D eigenvalue weighted by atomic mass is 10.1. The summed E-state index contributed by atoms with van der Waals surface area (Å²) in [6.07, 6.45) is 0. The molecule has 0 aliphatic carbocycles. The summed E-state index contributed by atoms with van der Waals surface area (Å²) in [5.74, 6) is -0.225. The van der Waals surface area contributed by atoms with Gasteiger partial charge in [0, 0.05) is 10.6 Å². The number of hydrogen-bond acceptors (Lipinski definition) is 3. The number of benzene rings is 2. The second-order valence-corrected chi connectivity index (χ2v) is 4.94. The lowest BCUT2D eigenvalue weighted by molar-refractivity contribution is -0.121. The Bertz CT molecular complexity index is 643. The van der Waals surface area contributed by atoms with E-state index in [4.69, 9.17) is 17.0 Å². The van der Waals surface area contributed by atoms with Crippen molar-refractivity contribution >= 4 is 23.3 Å². The van der Waals surface area contributed by atoms with E-state index in [0.29, 0.717) is 10.6 Å². The van der Waals surface area contributed by atoms with E-state index >= 15 is 0 Å². The second-order valence-electron chi connectivity index (χ2n) is 4.51. The smallest absolute Gasteiger partial charge is 0.247 e. The number of carbonyl (C=O) groups excluding carboxylic acids is 1. The maximum atomic E-state index is 12.3. The molecule has 0 spiro atoms. The number of amides is 1. The molecule has 0 saturated carbocycles. The van der Waals surface area contributed by atoms with Crippen LogP contribution in [0.25, 0.3) is 0 Å². The lowest BCUT2D eigenvalue weighted by Gasteiger charge is -2.17. The van der Waals surface area contributed by atoms with E-state index in [9.17, 15) is 4.79 Å². The van der Waals surface area contributed by atoms with Crippen LogP contribution in [0, 0.1) is 5.41 Å². The van der Waals surface area contributed by atoms with Crippen LogP contribution in [0.15, 0.2) is 54.6 Å². The van der Waals surface area contributed by atoms with Crippen LogP contribution in [-0.4, -0.2) is 18.8 Å². The summed E-state index contributed by atoms with van der Waals surface area (Å²) < 4.78 is 0. The minimum absolute atomic E-state index is 0.0721. The first-order valence-electron chi connectivity index (χ1n) is 6.49. The number of likely N-dealkylation sites (N-methyl/N-ethyl adjacent to an activating group) is 1. The average molecular weight is 302 g/mol. The van der Waals surface area contributed by atoms with Crippen molar-refractivity contribution in [1.82, 2.24) is 10.6 Å². The van der Waals surface area contributed by atoms with Crippen molar-refractivity contribution in [1.29, 1.82) is 5.41 Å². The molecule has 0 saturated heterocycles. The van der Waals surface area contributed by atoms with Gasteiger partial charge < -0.3 is 10.6 Å². The maximum absolute atomic E-state index is 12.3. The number of carbonyl (C=O) groups is 1. The summed E-state index contributed by atoms with van der Waals surface area (Å²) in [7, 11) is 1.69. The first-order valence-corrected chi connectivity index (χ1v) is 6.87. The Morgan fingerprint density at radius 1 is 1.14 bits per heavy atom. The summed E-state index contributed by atoms with van der Waals surface area (Å²) in [6.45, 7) is 0. The van der Waals surface area contributed by atoms with Crippen molar-refractivity contribution in [2.45, 2.75) is 6.04 Å². The van der Waals surface area contributed by atoms with Gasteiger partial charge in [-0.3, -0.25) is 10.2 Å². The zero-order valence-electron chi connectivity index (χ0n) is 11.6. The van der Waals surface area contributed by atoms with Gasteiger partial charge in [0.2, 0.25) is 5.91 Å². The molecule has 1 amide bonds. The van der Waals surface area contributed by atoms with Gasteiger partial charge in [0.15, 0.2) is 0 Å². The Morgan fingerprint density at radius 2 is 1.86 bits per heavy atom. The number of halogens is 1. The predicted molar refractivity (Wildman–Crippen MR) is 84.7 cm³/mol. The van der Waals surface area contributed by atoms with Gasteiger partial charge in [-0.25, -0.2) is 0 Å². The van der Waals surface area contributed by atoms with Crippen LogP contribution in [0.4, 0.5) is 0 Å². The van der Waals surface area contributed by atoms with Gasteiger partial charge in [0.05, 0.1) is 0 Å². The summed E-state index contributed by atoms with van der Waals surface area (Å²) in [5, 5.41) is 14.1. The Balaban J connectivity index is 2.12. The molecule has 2 aromatic rings. The molecule has 1 atom stereocenters. The van der Waals surface area contributed by atoms with Crippen LogP contribution < -0.4 is 10.6 Å². The summed E-state index contributed by atoms with van der Waals surface area (Å²) >= 11 is 5.95. The minimum Gasteiger partial charge on any atom is -0.309 e. The second kappa shape index (κ2) is 7.02. The van der Waals surface area contributed by atoms with Crippen LogP contribution in [0.2, 0.25) is 5.02 Å². The summed E-state index contributed by atoms with van der Waals surface area (Å²) in [6, 6.07) is 15.6. The monoisotopic (exact) mass is 301 g/mol. The van der Waals surface area contributed by atoms with Gasteiger partial charge >= 0.3 is 0 Å². The third-order valence-corrected chi connectivity index (χ3v) is 3.28. The SMILES string of the molecule is CNC(C(=O)NC(=N)c1ccccc1)c1cccc(Cl)c1. The van der Waals surface area contributed by atoms with Crippen molar-refractivity contribution in [2.24, 2.45) is 0 Å². The zero-order valence-corrected chi connectivity index (χ0v) is 12.3. The van der Waals surface area contributed by atoms with Gasteiger partial charge in [0.25, 0.3) is 0 Å². The third-order valence-electron chi connectivity index (χ3n) is 3.04. The topological polar surface area (TPSA) is 65.0 Å². The highest BCUT2D eigenvalue weighted by Crippen LogP contribution is 2.17. The highest BCUT2D eigenvalue weighted by Gasteiger charge is 2.20. The number of nitrogens with one attached hydrogen (secondary N) is 3. The van der Waals surface area contributed by atoms with Crippen LogP contribution in [0.3, 0.4) is 0 Å². The molecule has 2 aromatic carbocycles. The molecule has 5 heteroatoms. The Morgan fingerprint density at radius 3 is 2.48 bits per heavy atom. The number of rotatable bonds is 4. The van der Waals surface area contributed by atoms with E-state index < -0.39 is 6.04 Å². The van der Waals surface area contributed by atoms with Crippen LogP contribution >= 0.6 is 11.6 Å². The molecule has 1 unspecified atom stereocenters. The van der Waals surface area contributed by atoms with Crippen molar-refractivity contribution < 1.29 is 4.79 Å². The zero-order chi connectivity index (χ0) is 15.2. The third kappa shape index (κ3) is 3.90. The van der Waals surface area contributed by atoms with Crippen molar-refractivity contribution in [3.63, 3.8) is 0 Å².